The van der Waals surface area contributed by atoms with Crippen molar-refractivity contribution in [1.29, 1.82) is 0 Å². The van der Waals surface area contributed by atoms with Gasteiger partial charge >= 0.3 is 0 Å². The number of carbonyl (C=O) groups is 1. The fourth-order valence-corrected chi connectivity index (χ4v) is 4.62. The number of nitrogens with zero attached hydrogens (tertiary/aromatic N) is 1. The second-order valence-electron chi connectivity index (χ2n) is 8.57. The van der Waals surface area contributed by atoms with Crippen LogP contribution >= 0.6 is 0 Å². The molecule has 0 aromatic heterocycles. The molecule has 1 heterocycles. The number of rotatable bonds is 8. The Kier molecular flexibility index (Phi) is 7.70. The summed E-state index contributed by atoms with van der Waals surface area (Å²) in [5, 5.41) is 3.08. The summed E-state index contributed by atoms with van der Waals surface area (Å²) in [5.41, 5.74) is 3.11. The van der Waals surface area contributed by atoms with Gasteiger partial charge in [-0.25, -0.2) is 0 Å². The molecule has 1 fully saturated rings. The first kappa shape index (κ1) is 23.6. The minimum atomic E-state index is -0.112. The number of carbonyl (C=O) groups excluding carboxylic acids is 1. The lowest BCUT2D eigenvalue weighted by molar-refractivity contribution is -0.122. The van der Waals surface area contributed by atoms with Gasteiger partial charge in [0.25, 0.3) is 0 Å². The van der Waals surface area contributed by atoms with Crippen LogP contribution in [0.25, 0.3) is 0 Å². The highest BCUT2D eigenvalue weighted by Gasteiger charge is 2.33. The first-order valence-corrected chi connectivity index (χ1v) is 11.6. The van der Waals surface area contributed by atoms with Gasteiger partial charge in [-0.15, -0.1) is 0 Å². The van der Waals surface area contributed by atoms with Gasteiger partial charge in [-0.05, 0) is 48.2 Å². The molecule has 178 valence electrons. The normalized spacial score (nSPS) is 18.2. The van der Waals surface area contributed by atoms with E-state index in [4.69, 9.17) is 14.2 Å². The van der Waals surface area contributed by atoms with E-state index in [0.717, 1.165) is 41.3 Å². The molecule has 1 N–H and O–H groups in total. The van der Waals surface area contributed by atoms with Crippen LogP contribution in [0.1, 0.15) is 30.0 Å². The van der Waals surface area contributed by atoms with Crippen LogP contribution in [0, 0.1) is 5.92 Å². The van der Waals surface area contributed by atoms with E-state index in [0.29, 0.717) is 13.1 Å². The number of nitrogens with one attached hydrogen (secondary N) is 1. The molecular weight excluding hydrogens is 428 g/mol. The van der Waals surface area contributed by atoms with E-state index in [2.05, 4.69) is 34.5 Å². The van der Waals surface area contributed by atoms with Crippen molar-refractivity contribution >= 4 is 11.6 Å². The third-order valence-corrected chi connectivity index (χ3v) is 6.37. The van der Waals surface area contributed by atoms with Gasteiger partial charge < -0.3 is 19.5 Å². The molecule has 4 rings (SSSR count). The van der Waals surface area contributed by atoms with Gasteiger partial charge in [0.2, 0.25) is 5.91 Å². The Morgan fingerprint density at radius 1 is 0.853 bits per heavy atom. The van der Waals surface area contributed by atoms with E-state index < -0.39 is 0 Å². The van der Waals surface area contributed by atoms with Crippen molar-refractivity contribution in [2.45, 2.75) is 25.4 Å². The molecule has 6 nitrogen and oxygen atoms in total. The number of benzene rings is 3. The topological polar surface area (TPSA) is 60.0 Å². The van der Waals surface area contributed by atoms with Crippen molar-refractivity contribution in [2.75, 3.05) is 33.2 Å². The van der Waals surface area contributed by atoms with Crippen LogP contribution in [-0.4, -0.2) is 38.7 Å². The Hall–Kier alpha value is -3.51. The Labute approximate surface area is 201 Å². The Balaban J connectivity index is 1.55. The van der Waals surface area contributed by atoms with Gasteiger partial charge in [0.15, 0.2) is 0 Å². The molecule has 3 aromatic rings. The first-order chi connectivity index (χ1) is 16.6. The van der Waals surface area contributed by atoms with Crippen LogP contribution in [0.5, 0.6) is 17.2 Å². The maximum atomic E-state index is 13.2. The van der Waals surface area contributed by atoms with E-state index in [-0.39, 0.29) is 17.9 Å². The van der Waals surface area contributed by atoms with Crippen LogP contribution in [0.4, 0.5) is 5.69 Å². The third kappa shape index (κ3) is 5.69. The van der Waals surface area contributed by atoms with Gasteiger partial charge in [0, 0.05) is 37.0 Å². The Bertz CT molecular complexity index is 1080. The second-order valence-corrected chi connectivity index (χ2v) is 8.57. The predicted molar refractivity (Wildman–Crippen MR) is 133 cm³/mol. The van der Waals surface area contributed by atoms with Gasteiger partial charge in [0.1, 0.15) is 17.2 Å². The standard InChI is InChI=1S/C28H32N2O4/c1-32-24-11-7-10-23(16-24)29-28(31)22-12-13-27(21-8-5-4-6-9-21)30(19-22)18-20-14-25(33-2)17-26(15-20)34-3/h4-11,14-17,22,27H,12-13,18-19H2,1-3H3,(H,29,31). The zero-order valence-corrected chi connectivity index (χ0v) is 20.0. The van der Waals surface area contributed by atoms with Crippen molar-refractivity contribution < 1.29 is 19.0 Å². The minimum absolute atomic E-state index is 0.0352. The number of hydrogen-bond donors (Lipinski definition) is 1. The molecule has 0 saturated carbocycles. The molecule has 3 aromatic carbocycles. The third-order valence-electron chi connectivity index (χ3n) is 6.37. The lowest BCUT2D eigenvalue weighted by Crippen LogP contribution is -2.42. The highest BCUT2D eigenvalue weighted by Crippen LogP contribution is 2.36. The first-order valence-electron chi connectivity index (χ1n) is 11.6. The highest BCUT2D eigenvalue weighted by atomic mass is 16.5. The number of amides is 1. The summed E-state index contributed by atoms with van der Waals surface area (Å²) in [4.78, 5) is 15.6. The highest BCUT2D eigenvalue weighted by molar-refractivity contribution is 5.93. The van der Waals surface area contributed by atoms with Crippen molar-refractivity contribution in [1.82, 2.24) is 4.90 Å². The van der Waals surface area contributed by atoms with Crippen LogP contribution in [0.2, 0.25) is 0 Å². The summed E-state index contributed by atoms with van der Waals surface area (Å²) in [6, 6.07) is 24.2. The fraction of sp³-hybridized carbons (Fsp3) is 0.321. The molecule has 34 heavy (non-hydrogen) atoms. The zero-order chi connectivity index (χ0) is 23.9. The van der Waals surface area contributed by atoms with Crippen molar-refractivity contribution in [3.05, 3.63) is 83.9 Å². The lowest BCUT2D eigenvalue weighted by Gasteiger charge is -2.39. The van der Waals surface area contributed by atoms with Crippen molar-refractivity contribution in [2.24, 2.45) is 5.92 Å². The number of hydrogen-bond acceptors (Lipinski definition) is 5. The molecule has 1 amide bonds. The number of anilines is 1. The smallest absolute Gasteiger partial charge is 0.228 e. The van der Waals surface area contributed by atoms with Crippen LogP contribution in [0.3, 0.4) is 0 Å². The summed E-state index contributed by atoms with van der Waals surface area (Å²) in [7, 11) is 4.94. The van der Waals surface area contributed by atoms with Gasteiger partial charge in [0.05, 0.1) is 27.2 Å². The summed E-state index contributed by atoms with van der Waals surface area (Å²) in [5.74, 6) is 2.16. The summed E-state index contributed by atoms with van der Waals surface area (Å²) in [6.45, 7) is 1.35. The molecule has 1 saturated heterocycles. The molecule has 0 bridgehead atoms. The zero-order valence-electron chi connectivity index (χ0n) is 20.0. The molecule has 6 heteroatoms. The maximum Gasteiger partial charge on any atom is 0.228 e. The molecule has 1 aliphatic heterocycles. The molecule has 0 radical (unpaired) electrons. The molecule has 2 atom stereocenters. The van der Waals surface area contributed by atoms with E-state index in [9.17, 15) is 4.79 Å². The van der Waals surface area contributed by atoms with E-state index >= 15 is 0 Å². The van der Waals surface area contributed by atoms with Gasteiger partial charge in [-0.3, -0.25) is 9.69 Å². The molecule has 2 unspecified atom stereocenters. The largest absolute Gasteiger partial charge is 0.497 e. The number of ether oxygens (including phenoxy) is 3. The molecule has 0 aliphatic carbocycles. The minimum Gasteiger partial charge on any atom is -0.497 e. The predicted octanol–water partition coefficient (Wildman–Crippen LogP) is 5.30. The fourth-order valence-electron chi connectivity index (χ4n) is 4.62. The Morgan fingerprint density at radius 3 is 2.24 bits per heavy atom. The molecule has 1 aliphatic rings. The monoisotopic (exact) mass is 460 g/mol. The maximum absolute atomic E-state index is 13.2. The number of methoxy groups -OCH3 is 3. The average Bonchev–Trinajstić information content (AvgIpc) is 2.89. The molecular formula is C28H32N2O4. The van der Waals surface area contributed by atoms with Gasteiger partial charge in [-0.2, -0.15) is 0 Å². The summed E-state index contributed by atoms with van der Waals surface area (Å²) >= 11 is 0. The van der Waals surface area contributed by atoms with Crippen molar-refractivity contribution in [3.63, 3.8) is 0 Å². The van der Waals surface area contributed by atoms with Crippen LogP contribution in [0.15, 0.2) is 72.8 Å². The quantitative estimate of drug-likeness (QED) is 0.494. The SMILES string of the molecule is COc1cccc(NC(=O)C2CCC(c3ccccc3)N(Cc3cc(OC)cc(OC)c3)C2)c1. The second kappa shape index (κ2) is 11.1. The number of likely N-dealkylation sites (tertiary alicyclic amines) is 1. The van der Waals surface area contributed by atoms with Crippen LogP contribution in [-0.2, 0) is 11.3 Å². The average molecular weight is 461 g/mol. The summed E-state index contributed by atoms with van der Waals surface area (Å²) < 4.78 is 16.2. The van der Waals surface area contributed by atoms with E-state index in [1.807, 2.05) is 48.5 Å². The van der Waals surface area contributed by atoms with E-state index in [1.165, 1.54) is 5.56 Å². The van der Waals surface area contributed by atoms with E-state index in [1.54, 1.807) is 21.3 Å². The molecule has 0 spiro atoms. The van der Waals surface area contributed by atoms with Crippen LogP contribution < -0.4 is 19.5 Å². The van der Waals surface area contributed by atoms with Crippen molar-refractivity contribution in [3.8, 4) is 17.2 Å². The lowest BCUT2D eigenvalue weighted by atomic mass is 9.88. The summed E-state index contributed by atoms with van der Waals surface area (Å²) in [6.07, 6.45) is 1.73. The number of piperidine rings is 1. The Morgan fingerprint density at radius 2 is 1.56 bits per heavy atom. The van der Waals surface area contributed by atoms with Gasteiger partial charge in [-0.1, -0.05) is 36.4 Å².